The Morgan fingerprint density at radius 1 is 1.62 bits per heavy atom. The monoisotopic (exact) mass is 239 g/mol. The lowest BCUT2D eigenvalue weighted by atomic mass is 10.2. The first-order chi connectivity index (χ1) is 7.54. The van der Waals surface area contributed by atoms with Crippen LogP contribution in [0.1, 0.15) is 19.0 Å². The maximum Gasteiger partial charge on any atom is 0.161 e. The first-order valence-corrected chi connectivity index (χ1v) is 5.38. The first-order valence-electron chi connectivity index (χ1n) is 5.00. The molecule has 1 aromatic heterocycles. The summed E-state index contributed by atoms with van der Waals surface area (Å²) in [5.41, 5.74) is 0.225. The minimum atomic E-state index is -0.342. The zero-order chi connectivity index (χ0) is 12.1. The quantitative estimate of drug-likeness (QED) is 0.871. The molecule has 0 fully saturated rings. The van der Waals surface area contributed by atoms with Crippen LogP contribution in [0, 0.1) is 11.3 Å². The SMILES string of the molecule is C[C@H](O)CCN(C)c1ccc(Cl)c(C#N)n1. The standard InChI is InChI=1S/C11H14ClN3O/c1-8(16)5-6-15(2)11-4-3-9(12)10(7-13)14-11/h3-4,8,16H,5-6H2,1-2H3/t8-/m0/s1. The van der Waals surface area contributed by atoms with Gasteiger partial charge in [0, 0.05) is 13.6 Å². The Kier molecular flexibility index (Phi) is 4.53. The maximum absolute atomic E-state index is 9.17. The Balaban J connectivity index is 2.77. The minimum Gasteiger partial charge on any atom is -0.393 e. The lowest BCUT2D eigenvalue weighted by Gasteiger charge is -2.19. The second-order valence-electron chi connectivity index (χ2n) is 3.67. The lowest BCUT2D eigenvalue weighted by Crippen LogP contribution is -2.22. The Labute approximate surface area is 100 Å². The summed E-state index contributed by atoms with van der Waals surface area (Å²) in [6, 6.07) is 5.35. The van der Waals surface area contributed by atoms with Gasteiger partial charge in [-0.2, -0.15) is 5.26 Å². The van der Waals surface area contributed by atoms with Gasteiger partial charge in [0.05, 0.1) is 11.1 Å². The van der Waals surface area contributed by atoms with Crippen LogP contribution >= 0.6 is 11.6 Å². The molecule has 1 aromatic rings. The molecule has 5 heteroatoms. The fraction of sp³-hybridized carbons (Fsp3) is 0.455. The van der Waals surface area contributed by atoms with Crippen molar-refractivity contribution in [3.8, 4) is 6.07 Å². The maximum atomic E-state index is 9.17. The Morgan fingerprint density at radius 3 is 2.88 bits per heavy atom. The highest BCUT2D eigenvalue weighted by molar-refractivity contribution is 6.31. The van der Waals surface area contributed by atoms with Gasteiger partial charge < -0.3 is 10.0 Å². The molecule has 1 heterocycles. The van der Waals surface area contributed by atoms with E-state index in [1.807, 2.05) is 18.0 Å². The van der Waals surface area contributed by atoms with Gasteiger partial charge >= 0.3 is 0 Å². The number of rotatable bonds is 4. The van der Waals surface area contributed by atoms with Crippen LogP contribution in [0.25, 0.3) is 0 Å². The topological polar surface area (TPSA) is 60.1 Å². The average molecular weight is 240 g/mol. The van der Waals surface area contributed by atoms with Gasteiger partial charge in [0.1, 0.15) is 11.9 Å². The molecule has 0 aliphatic rings. The predicted octanol–water partition coefficient (Wildman–Crippen LogP) is 1.81. The highest BCUT2D eigenvalue weighted by Gasteiger charge is 2.07. The molecule has 0 aromatic carbocycles. The van der Waals surface area contributed by atoms with Gasteiger partial charge in [0.2, 0.25) is 0 Å². The van der Waals surface area contributed by atoms with Crippen LogP contribution in [0.4, 0.5) is 5.82 Å². The van der Waals surface area contributed by atoms with Crippen molar-refractivity contribution >= 4 is 17.4 Å². The number of aliphatic hydroxyl groups excluding tert-OH is 1. The number of anilines is 1. The third kappa shape index (κ3) is 3.37. The molecule has 1 rings (SSSR count). The van der Waals surface area contributed by atoms with Crippen molar-refractivity contribution in [2.75, 3.05) is 18.5 Å². The first kappa shape index (κ1) is 12.8. The van der Waals surface area contributed by atoms with Crippen molar-refractivity contribution in [3.05, 3.63) is 22.8 Å². The third-order valence-corrected chi connectivity index (χ3v) is 2.52. The van der Waals surface area contributed by atoms with E-state index in [1.165, 1.54) is 0 Å². The number of halogens is 1. The van der Waals surface area contributed by atoms with Crippen LogP contribution < -0.4 is 4.90 Å². The van der Waals surface area contributed by atoms with Crippen LogP contribution in [0.3, 0.4) is 0 Å². The lowest BCUT2D eigenvalue weighted by molar-refractivity contribution is 0.187. The predicted molar refractivity (Wildman–Crippen MR) is 63.5 cm³/mol. The van der Waals surface area contributed by atoms with Gasteiger partial charge in [0.25, 0.3) is 0 Å². The largest absolute Gasteiger partial charge is 0.393 e. The highest BCUT2D eigenvalue weighted by Crippen LogP contribution is 2.18. The Morgan fingerprint density at radius 2 is 2.31 bits per heavy atom. The molecular formula is C11H14ClN3O. The number of aromatic nitrogens is 1. The second-order valence-corrected chi connectivity index (χ2v) is 4.08. The molecule has 1 N–H and O–H groups in total. The molecule has 0 unspecified atom stereocenters. The fourth-order valence-corrected chi connectivity index (χ4v) is 1.37. The van der Waals surface area contributed by atoms with E-state index in [4.69, 9.17) is 16.9 Å². The molecule has 0 radical (unpaired) electrons. The summed E-state index contributed by atoms with van der Waals surface area (Å²) in [7, 11) is 1.86. The van der Waals surface area contributed by atoms with E-state index in [1.54, 1.807) is 19.1 Å². The molecule has 0 spiro atoms. The summed E-state index contributed by atoms with van der Waals surface area (Å²) >= 11 is 5.79. The number of nitriles is 1. The van der Waals surface area contributed by atoms with Crippen molar-refractivity contribution in [3.63, 3.8) is 0 Å². The Bertz CT molecular complexity index is 401. The molecule has 0 amide bonds. The number of nitrogens with zero attached hydrogens (tertiary/aromatic N) is 3. The average Bonchev–Trinajstić information content (AvgIpc) is 2.26. The van der Waals surface area contributed by atoms with Crippen molar-refractivity contribution in [1.29, 1.82) is 5.26 Å². The van der Waals surface area contributed by atoms with Gasteiger partial charge in [-0.15, -0.1) is 0 Å². The van der Waals surface area contributed by atoms with Gasteiger partial charge in [0.15, 0.2) is 5.69 Å². The zero-order valence-corrected chi connectivity index (χ0v) is 10.1. The van der Waals surface area contributed by atoms with Crippen LogP contribution in [-0.2, 0) is 0 Å². The zero-order valence-electron chi connectivity index (χ0n) is 9.31. The van der Waals surface area contributed by atoms with Crippen molar-refractivity contribution < 1.29 is 5.11 Å². The summed E-state index contributed by atoms with van der Waals surface area (Å²) in [5.74, 6) is 0.682. The molecular weight excluding hydrogens is 226 g/mol. The number of aliphatic hydroxyl groups is 1. The second kappa shape index (κ2) is 5.69. The van der Waals surface area contributed by atoms with Crippen molar-refractivity contribution in [2.45, 2.75) is 19.4 Å². The molecule has 0 saturated heterocycles. The highest BCUT2D eigenvalue weighted by atomic mass is 35.5. The minimum absolute atomic E-state index is 0.225. The van der Waals surface area contributed by atoms with Gasteiger partial charge in [-0.25, -0.2) is 4.98 Å². The molecule has 0 bridgehead atoms. The van der Waals surface area contributed by atoms with E-state index in [2.05, 4.69) is 4.98 Å². The normalized spacial score (nSPS) is 11.9. The molecule has 4 nitrogen and oxygen atoms in total. The van der Waals surface area contributed by atoms with E-state index in [0.29, 0.717) is 23.8 Å². The van der Waals surface area contributed by atoms with Crippen LogP contribution in [-0.4, -0.2) is 29.8 Å². The van der Waals surface area contributed by atoms with Crippen molar-refractivity contribution in [1.82, 2.24) is 4.98 Å². The van der Waals surface area contributed by atoms with Gasteiger partial charge in [-0.05, 0) is 25.5 Å². The molecule has 0 aliphatic carbocycles. The third-order valence-electron chi connectivity index (χ3n) is 2.21. The molecule has 86 valence electrons. The molecule has 1 atom stereocenters. The summed E-state index contributed by atoms with van der Waals surface area (Å²) in [6.45, 7) is 2.42. The van der Waals surface area contributed by atoms with E-state index < -0.39 is 0 Å². The van der Waals surface area contributed by atoms with Crippen molar-refractivity contribution in [2.24, 2.45) is 0 Å². The summed E-state index contributed by atoms with van der Waals surface area (Å²) in [5, 5.41) is 18.3. The molecule has 0 saturated carbocycles. The van der Waals surface area contributed by atoms with Crippen LogP contribution in [0.5, 0.6) is 0 Å². The van der Waals surface area contributed by atoms with E-state index in [-0.39, 0.29) is 11.8 Å². The molecule has 0 aliphatic heterocycles. The fourth-order valence-electron chi connectivity index (χ4n) is 1.22. The van der Waals surface area contributed by atoms with Crippen LogP contribution in [0.2, 0.25) is 5.02 Å². The van der Waals surface area contributed by atoms with E-state index in [0.717, 1.165) is 0 Å². The van der Waals surface area contributed by atoms with Gasteiger partial charge in [-0.3, -0.25) is 0 Å². The number of hydrogen-bond donors (Lipinski definition) is 1. The van der Waals surface area contributed by atoms with Gasteiger partial charge in [-0.1, -0.05) is 11.6 Å². The summed E-state index contributed by atoms with van der Waals surface area (Å²) in [6.07, 6.45) is 0.313. The summed E-state index contributed by atoms with van der Waals surface area (Å²) in [4.78, 5) is 6.00. The smallest absolute Gasteiger partial charge is 0.161 e. The Hall–Kier alpha value is -1.31. The van der Waals surface area contributed by atoms with E-state index >= 15 is 0 Å². The van der Waals surface area contributed by atoms with Crippen LogP contribution in [0.15, 0.2) is 12.1 Å². The summed E-state index contributed by atoms with van der Waals surface area (Å²) < 4.78 is 0. The van der Waals surface area contributed by atoms with E-state index in [9.17, 15) is 5.11 Å². The number of hydrogen-bond acceptors (Lipinski definition) is 4. The number of pyridine rings is 1. The molecule has 16 heavy (non-hydrogen) atoms.